The van der Waals surface area contributed by atoms with Crippen LogP contribution in [0, 0.1) is 0 Å². The number of carbonyl (C=O) groups excluding carboxylic acids is 3. The number of nitrogens with zero attached hydrogens (tertiary/aromatic N) is 1. The summed E-state index contributed by atoms with van der Waals surface area (Å²) in [4.78, 5) is 42.1. The molecular weight excluding hydrogens is 446 g/mol. The zero-order valence-electron chi connectivity index (χ0n) is 16.7. The molecular formula is C24H18ClN3O3S. The molecule has 1 heterocycles. The van der Waals surface area contributed by atoms with Crippen molar-refractivity contribution in [2.24, 2.45) is 4.99 Å². The minimum Gasteiger partial charge on any atom is -0.398 e. The number of halogens is 1. The van der Waals surface area contributed by atoms with E-state index in [1.807, 2.05) is 12.1 Å². The number of anilines is 2. The number of nitrogens with one attached hydrogen (secondary N) is 1. The molecule has 0 saturated carbocycles. The molecule has 6 nitrogen and oxygen atoms in total. The molecule has 0 fully saturated rings. The third-order valence-electron chi connectivity index (χ3n) is 4.84. The minimum absolute atomic E-state index is 0.0924. The quantitative estimate of drug-likeness (QED) is 0.412. The number of para-hydroxylation sites is 1. The molecule has 4 rings (SSSR count). The Bertz CT molecular complexity index is 1240. The topological polar surface area (TPSA) is 102 Å². The van der Waals surface area contributed by atoms with Crippen LogP contribution in [0.2, 0.25) is 5.02 Å². The van der Waals surface area contributed by atoms with Crippen LogP contribution in [0.5, 0.6) is 0 Å². The lowest BCUT2D eigenvalue weighted by atomic mass is 10.0. The Morgan fingerprint density at radius 2 is 1.75 bits per heavy atom. The predicted molar refractivity (Wildman–Crippen MR) is 128 cm³/mol. The highest BCUT2D eigenvalue weighted by Gasteiger charge is 2.32. The maximum atomic E-state index is 12.9. The molecule has 0 aliphatic carbocycles. The number of thioether (sulfide) groups is 1. The van der Waals surface area contributed by atoms with Gasteiger partial charge in [0.05, 0.1) is 5.69 Å². The standard InChI is InChI=1S/C24H18ClN3O3S/c25-15-10-11-19(17(12-15)22(30)14-6-2-1-3-7-14)27-21(29)13-20-23(31)28-24(32-20)16-8-4-5-9-18(16)26/h1-12,20H,13,26H2,(H,27,29)/t20-/m1/s1. The van der Waals surface area contributed by atoms with Crippen LogP contribution in [-0.4, -0.2) is 27.9 Å². The molecule has 3 aromatic carbocycles. The van der Waals surface area contributed by atoms with Gasteiger partial charge in [-0.15, -0.1) is 0 Å². The molecule has 2 amide bonds. The third kappa shape index (κ3) is 4.74. The van der Waals surface area contributed by atoms with Gasteiger partial charge in [-0.1, -0.05) is 71.9 Å². The molecule has 0 aromatic heterocycles. The van der Waals surface area contributed by atoms with E-state index in [0.717, 1.165) is 0 Å². The van der Waals surface area contributed by atoms with Crippen LogP contribution in [0.4, 0.5) is 11.4 Å². The molecule has 8 heteroatoms. The number of carbonyl (C=O) groups is 3. The molecule has 0 unspecified atom stereocenters. The molecule has 3 N–H and O–H groups in total. The first-order chi connectivity index (χ1) is 15.4. The van der Waals surface area contributed by atoms with Gasteiger partial charge in [0.25, 0.3) is 5.91 Å². The lowest BCUT2D eigenvalue weighted by Gasteiger charge is -2.13. The fourth-order valence-corrected chi connectivity index (χ4v) is 4.54. The van der Waals surface area contributed by atoms with Crippen LogP contribution in [0.3, 0.4) is 0 Å². The first-order valence-electron chi connectivity index (χ1n) is 9.75. The Hall–Kier alpha value is -3.42. The van der Waals surface area contributed by atoms with E-state index in [-0.39, 0.29) is 23.7 Å². The van der Waals surface area contributed by atoms with Crippen LogP contribution in [0.25, 0.3) is 0 Å². The van der Waals surface area contributed by atoms with Crippen LogP contribution in [0.1, 0.15) is 27.9 Å². The largest absolute Gasteiger partial charge is 0.398 e. The fraction of sp³-hybridized carbons (Fsp3) is 0.0833. The Morgan fingerprint density at radius 3 is 2.50 bits per heavy atom. The van der Waals surface area contributed by atoms with Crippen molar-refractivity contribution < 1.29 is 14.4 Å². The number of benzene rings is 3. The number of ketones is 1. The maximum Gasteiger partial charge on any atom is 0.260 e. The van der Waals surface area contributed by atoms with Gasteiger partial charge in [0, 0.05) is 33.8 Å². The first kappa shape index (κ1) is 21.8. The van der Waals surface area contributed by atoms with Crippen LogP contribution < -0.4 is 11.1 Å². The zero-order chi connectivity index (χ0) is 22.7. The van der Waals surface area contributed by atoms with Gasteiger partial charge in [0.2, 0.25) is 5.91 Å². The number of rotatable bonds is 6. The Morgan fingerprint density at radius 1 is 1.03 bits per heavy atom. The van der Waals surface area contributed by atoms with Gasteiger partial charge >= 0.3 is 0 Å². The van der Waals surface area contributed by atoms with Crippen LogP contribution >= 0.6 is 23.4 Å². The molecule has 1 atom stereocenters. The fourth-order valence-electron chi connectivity index (χ4n) is 3.26. The summed E-state index contributed by atoms with van der Waals surface area (Å²) in [6.45, 7) is 0. The summed E-state index contributed by atoms with van der Waals surface area (Å²) in [5.41, 5.74) is 8.24. The number of aliphatic imine (C=N–C) groups is 1. The minimum atomic E-state index is -0.662. The summed E-state index contributed by atoms with van der Waals surface area (Å²) in [5, 5.41) is 2.96. The average Bonchev–Trinajstić information content (AvgIpc) is 3.15. The van der Waals surface area contributed by atoms with Gasteiger partial charge in [0.15, 0.2) is 5.78 Å². The molecule has 32 heavy (non-hydrogen) atoms. The summed E-state index contributed by atoms with van der Waals surface area (Å²) in [6.07, 6.45) is -0.0924. The van der Waals surface area contributed by atoms with Gasteiger partial charge in [0.1, 0.15) is 10.3 Å². The summed E-state index contributed by atoms with van der Waals surface area (Å²) < 4.78 is 0. The van der Waals surface area contributed by atoms with E-state index in [2.05, 4.69) is 10.3 Å². The molecule has 0 spiro atoms. The second kappa shape index (κ2) is 9.38. The summed E-state index contributed by atoms with van der Waals surface area (Å²) in [7, 11) is 0. The number of hydrogen-bond donors (Lipinski definition) is 2. The van der Waals surface area contributed by atoms with E-state index in [0.29, 0.717) is 32.6 Å². The molecule has 0 bridgehead atoms. The van der Waals surface area contributed by atoms with Gasteiger partial charge < -0.3 is 11.1 Å². The monoisotopic (exact) mass is 463 g/mol. The lowest BCUT2D eigenvalue weighted by Crippen LogP contribution is -2.22. The Labute approximate surface area is 193 Å². The molecule has 0 radical (unpaired) electrons. The third-order valence-corrected chi connectivity index (χ3v) is 6.26. The molecule has 1 aliphatic rings. The second-order valence-corrected chi connectivity index (χ2v) is 8.71. The van der Waals surface area contributed by atoms with Crippen molar-refractivity contribution in [3.05, 3.63) is 94.5 Å². The van der Waals surface area contributed by atoms with Crippen molar-refractivity contribution in [3.8, 4) is 0 Å². The van der Waals surface area contributed by atoms with Crippen molar-refractivity contribution in [1.82, 2.24) is 0 Å². The first-order valence-corrected chi connectivity index (χ1v) is 11.0. The molecule has 160 valence electrons. The van der Waals surface area contributed by atoms with Crippen molar-refractivity contribution in [2.75, 3.05) is 11.1 Å². The summed E-state index contributed by atoms with van der Waals surface area (Å²) in [6, 6.07) is 20.5. The predicted octanol–water partition coefficient (Wildman–Crippen LogP) is 4.57. The van der Waals surface area contributed by atoms with E-state index < -0.39 is 11.2 Å². The zero-order valence-corrected chi connectivity index (χ0v) is 18.3. The molecule has 0 saturated heterocycles. The number of nitrogens with two attached hydrogens (primary N) is 1. The highest BCUT2D eigenvalue weighted by atomic mass is 35.5. The normalized spacial score (nSPS) is 15.3. The number of amides is 2. The van der Waals surface area contributed by atoms with Gasteiger partial charge in [-0.3, -0.25) is 14.4 Å². The maximum absolute atomic E-state index is 12.9. The highest BCUT2D eigenvalue weighted by molar-refractivity contribution is 8.16. The van der Waals surface area contributed by atoms with Gasteiger partial charge in [-0.25, -0.2) is 4.99 Å². The average molecular weight is 464 g/mol. The van der Waals surface area contributed by atoms with Crippen LogP contribution in [-0.2, 0) is 9.59 Å². The van der Waals surface area contributed by atoms with Crippen LogP contribution in [0.15, 0.2) is 77.8 Å². The lowest BCUT2D eigenvalue weighted by molar-refractivity contribution is -0.121. The van der Waals surface area contributed by atoms with Gasteiger partial charge in [-0.2, -0.15) is 0 Å². The summed E-state index contributed by atoms with van der Waals surface area (Å²) >= 11 is 7.30. The van der Waals surface area contributed by atoms with Crippen molar-refractivity contribution in [2.45, 2.75) is 11.7 Å². The highest BCUT2D eigenvalue weighted by Crippen LogP contribution is 2.32. The summed E-state index contributed by atoms with van der Waals surface area (Å²) in [5.74, 6) is -1.06. The Balaban J connectivity index is 1.48. The van der Waals surface area contributed by atoms with E-state index in [1.54, 1.807) is 54.6 Å². The van der Waals surface area contributed by atoms with Crippen molar-refractivity contribution in [3.63, 3.8) is 0 Å². The van der Waals surface area contributed by atoms with E-state index in [1.165, 1.54) is 17.8 Å². The van der Waals surface area contributed by atoms with E-state index in [4.69, 9.17) is 17.3 Å². The van der Waals surface area contributed by atoms with Crippen molar-refractivity contribution in [1.29, 1.82) is 0 Å². The molecule has 1 aliphatic heterocycles. The number of nitrogen functional groups attached to an aromatic ring is 1. The number of hydrogen-bond acceptors (Lipinski definition) is 5. The SMILES string of the molecule is Nc1ccccc1C1=NC(=O)[C@@H](CC(=O)Nc2ccc(Cl)cc2C(=O)c2ccccc2)S1. The van der Waals surface area contributed by atoms with E-state index in [9.17, 15) is 14.4 Å². The van der Waals surface area contributed by atoms with Crippen molar-refractivity contribution >= 4 is 57.4 Å². The smallest absolute Gasteiger partial charge is 0.260 e. The van der Waals surface area contributed by atoms with E-state index >= 15 is 0 Å². The Kier molecular flexibility index (Phi) is 6.39. The van der Waals surface area contributed by atoms with Gasteiger partial charge in [-0.05, 0) is 24.3 Å². The second-order valence-electron chi connectivity index (χ2n) is 7.09. The molecule has 3 aromatic rings.